The van der Waals surface area contributed by atoms with E-state index < -0.39 is 10.0 Å². The Labute approximate surface area is 177 Å². The monoisotopic (exact) mass is 432 g/mol. The largest absolute Gasteiger partial charge is 0.508 e. The summed E-state index contributed by atoms with van der Waals surface area (Å²) in [6, 6.07) is 13.2. The second kappa shape index (κ2) is 9.49. The Morgan fingerprint density at radius 1 is 1.10 bits per heavy atom. The first-order valence-electron chi connectivity index (χ1n) is 10.1. The van der Waals surface area contributed by atoms with Crippen molar-refractivity contribution in [3.63, 3.8) is 0 Å². The molecule has 2 aromatic carbocycles. The highest BCUT2D eigenvalue weighted by molar-refractivity contribution is 7.89. The zero-order valence-electron chi connectivity index (χ0n) is 17.3. The molecule has 0 spiro atoms. The molecule has 1 fully saturated rings. The number of ether oxygens (including phenoxy) is 1. The Balaban J connectivity index is 1.57. The van der Waals surface area contributed by atoms with Gasteiger partial charge in [0.1, 0.15) is 11.5 Å². The molecule has 1 amide bonds. The van der Waals surface area contributed by atoms with Gasteiger partial charge in [0, 0.05) is 32.6 Å². The van der Waals surface area contributed by atoms with Gasteiger partial charge in [-0.2, -0.15) is 4.31 Å². The van der Waals surface area contributed by atoms with E-state index in [4.69, 9.17) is 4.74 Å². The van der Waals surface area contributed by atoms with Crippen LogP contribution in [0, 0.1) is 5.92 Å². The van der Waals surface area contributed by atoms with Crippen molar-refractivity contribution in [1.82, 2.24) is 9.21 Å². The molecular weight excluding hydrogens is 404 g/mol. The maximum atomic E-state index is 12.9. The van der Waals surface area contributed by atoms with Gasteiger partial charge in [-0.3, -0.25) is 4.79 Å². The van der Waals surface area contributed by atoms with Crippen molar-refractivity contribution in [2.75, 3.05) is 26.7 Å². The Hall–Kier alpha value is -2.58. The number of carbonyl (C=O) groups excluding carboxylic acids is 1. The van der Waals surface area contributed by atoms with Crippen LogP contribution in [0.1, 0.15) is 25.3 Å². The lowest BCUT2D eigenvalue weighted by molar-refractivity contribution is -0.135. The van der Waals surface area contributed by atoms with Gasteiger partial charge in [0.05, 0.1) is 11.5 Å². The molecule has 1 N–H and O–H groups in total. The smallest absolute Gasteiger partial charge is 0.243 e. The maximum absolute atomic E-state index is 12.9. The molecule has 30 heavy (non-hydrogen) atoms. The van der Waals surface area contributed by atoms with Crippen LogP contribution < -0.4 is 4.74 Å². The van der Waals surface area contributed by atoms with Gasteiger partial charge in [-0.05, 0) is 61.7 Å². The SMILES string of the molecule is CCOc1ccc(S(=O)(=O)N2CCC(C(=O)N(C)Cc3ccc(O)cc3)CC2)cc1. The number of sulfonamides is 1. The number of piperidine rings is 1. The van der Waals surface area contributed by atoms with E-state index in [0.29, 0.717) is 44.8 Å². The van der Waals surface area contributed by atoms with Crippen LogP contribution in [-0.2, 0) is 21.4 Å². The van der Waals surface area contributed by atoms with E-state index in [9.17, 15) is 18.3 Å². The zero-order valence-corrected chi connectivity index (χ0v) is 18.1. The normalized spacial score (nSPS) is 15.7. The predicted octanol–water partition coefficient (Wildman–Crippen LogP) is 2.85. The fourth-order valence-electron chi connectivity index (χ4n) is 3.63. The molecule has 0 saturated carbocycles. The third-order valence-electron chi connectivity index (χ3n) is 5.31. The summed E-state index contributed by atoms with van der Waals surface area (Å²) < 4.78 is 32.6. The minimum Gasteiger partial charge on any atom is -0.508 e. The molecule has 1 saturated heterocycles. The van der Waals surface area contributed by atoms with Crippen molar-refractivity contribution in [2.24, 2.45) is 5.92 Å². The summed E-state index contributed by atoms with van der Waals surface area (Å²) in [6.07, 6.45) is 0.990. The molecule has 0 aliphatic carbocycles. The minimum atomic E-state index is -3.59. The van der Waals surface area contributed by atoms with E-state index >= 15 is 0 Å². The lowest BCUT2D eigenvalue weighted by atomic mass is 9.96. The first kappa shape index (κ1) is 22.1. The van der Waals surface area contributed by atoms with Crippen LogP contribution in [0.3, 0.4) is 0 Å². The molecule has 7 nitrogen and oxygen atoms in total. The second-order valence-corrected chi connectivity index (χ2v) is 9.38. The number of phenols is 1. The quantitative estimate of drug-likeness (QED) is 0.727. The van der Waals surface area contributed by atoms with E-state index in [0.717, 1.165) is 5.56 Å². The second-order valence-electron chi connectivity index (χ2n) is 7.44. The fourth-order valence-corrected chi connectivity index (χ4v) is 5.10. The summed E-state index contributed by atoms with van der Waals surface area (Å²) in [4.78, 5) is 14.7. The summed E-state index contributed by atoms with van der Waals surface area (Å²) in [5.74, 6) is 0.645. The van der Waals surface area contributed by atoms with Crippen LogP contribution in [0.2, 0.25) is 0 Å². The molecule has 0 bridgehead atoms. The molecular formula is C22H28N2O5S. The molecule has 0 atom stereocenters. The summed E-state index contributed by atoms with van der Waals surface area (Å²) in [6.45, 7) is 3.48. The van der Waals surface area contributed by atoms with Gasteiger partial charge in [-0.15, -0.1) is 0 Å². The predicted molar refractivity (Wildman–Crippen MR) is 114 cm³/mol. The van der Waals surface area contributed by atoms with Crippen molar-refractivity contribution in [3.8, 4) is 11.5 Å². The molecule has 0 unspecified atom stereocenters. The van der Waals surface area contributed by atoms with E-state index in [1.165, 1.54) is 4.31 Å². The van der Waals surface area contributed by atoms with Crippen LogP contribution in [0.25, 0.3) is 0 Å². The number of benzene rings is 2. The highest BCUT2D eigenvalue weighted by Crippen LogP contribution is 2.26. The van der Waals surface area contributed by atoms with Gasteiger partial charge >= 0.3 is 0 Å². The van der Waals surface area contributed by atoms with Crippen molar-refractivity contribution < 1.29 is 23.1 Å². The average molecular weight is 433 g/mol. The number of aromatic hydroxyl groups is 1. The average Bonchev–Trinajstić information content (AvgIpc) is 2.75. The van der Waals surface area contributed by atoms with Crippen LogP contribution in [0.5, 0.6) is 11.5 Å². The number of amides is 1. The highest BCUT2D eigenvalue weighted by Gasteiger charge is 2.33. The highest BCUT2D eigenvalue weighted by atomic mass is 32.2. The van der Waals surface area contributed by atoms with Gasteiger partial charge in [0.15, 0.2) is 0 Å². The third-order valence-corrected chi connectivity index (χ3v) is 7.22. The summed E-state index contributed by atoms with van der Waals surface area (Å²) in [7, 11) is -1.84. The molecule has 1 aliphatic heterocycles. The molecule has 162 valence electrons. The number of phenolic OH excluding ortho intramolecular Hbond substituents is 1. The number of hydrogen-bond acceptors (Lipinski definition) is 5. The van der Waals surface area contributed by atoms with Gasteiger partial charge in [0.2, 0.25) is 15.9 Å². The number of carbonyl (C=O) groups is 1. The summed E-state index contributed by atoms with van der Waals surface area (Å²) >= 11 is 0. The Morgan fingerprint density at radius 2 is 1.70 bits per heavy atom. The summed E-state index contributed by atoms with van der Waals surface area (Å²) in [5.41, 5.74) is 0.930. The van der Waals surface area contributed by atoms with Gasteiger partial charge in [0.25, 0.3) is 0 Å². The van der Waals surface area contributed by atoms with Crippen molar-refractivity contribution in [1.29, 1.82) is 0 Å². The van der Waals surface area contributed by atoms with Crippen molar-refractivity contribution in [2.45, 2.75) is 31.2 Å². The fraction of sp³-hybridized carbons (Fsp3) is 0.409. The molecule has 0 aromatic heterocycles. The number of rotatable bonds is 7. The summed E-state index contributed by atoms with van der Waals surface area (Å²) in [5, 5.41) is 9.37. The lowest BCUT2D eigenvalue weighted by Crippen LogP contribution is -2.43. The van der Waals surface area contributed by atoms with Gasteiger partial charge < -0.3 is 14.7 Å². The van der Waals surface area contributed by atoms with E-state index in [1.807, 2.05) is 6.92 Å². The van der Waals surface area contributed by atoms with E-state index in [1.54, 1.807) is 60.5 Å². The van der Waals surface area contributed by atoms with Crippen molar-refractivity contribution in [3.05, 3.63) is 54.1 Å². The molecule has 2 aromatic rings. The van der Waals surface area contributed by atoms with Gasteiger partial charge in [-0.1, -0.05) is 12.1 Å². The van der Waals surface area contributed by atoms with Crippen LogP contribution in [-0.4, -0.2) is 55.4 Å². The Kier molecular flexibility index (Phi) is 6.99. The van der Waals surface area contributed by atoms with Crippen LogP contribution in [0.15, 0.2) is 53.4 Å². The Bertz CT molecular complexity index is 950. The van der Waals surface area contributed by atoms with Gasteiger partial charge in [-0.25, -0.2) is 8.42 Å². The molecule has 3 rings (SSSR count). The standard InChI is InChI=1S/C22H28N2O5S/c1-3-29-20-8-10-21(11-9-20)30(27,28)24-14-12-18(13-15-24)22(26)23(2)16-17-4-6-19(25)7-5-17/h4-11,18,25H,3,12-16H2,1-2H3. The minimum absolute atomic E-state index is 0.0150. The third kappa shape index (κ3) is 5.12. The first-order chi connectivity index (χ1) is 14.3. The van der Waals surface area contributed by atoms with Crippen LogP contribution >= 0.6 is 0 Å². The lowest BCUT2D eigenvalue weighted by Gasteiger charge is -2.32. The Morgan fingerprint density at radius 3 is 2.27 bits per heavy atom. The van der Waals surface area contributed by atoms with E-state index in [2.05, 4.69) is 0 Å². The van der Waals surface area contributed by atoms with E-state index in [-0.39, 0.29) is 22.5 Å². The molecule has 1 aliphatic rings. The number of hydrogen-bond donors (Lipinski definition) is 1. The van der Waals surface area contributed by atoms with Crippen LogP contribution in [0.4, 0.5) is 0 Å². The molecule has 0 radical (unpaired) electrons. The van der Waals surface area contributed by atoms with Crippen molar-refractivity contribution >= 4 is 15.9 Å². The molecule has 8 heteroatoms. The first-order valence-corrected chi connectivity index (χ1v) is 11.5. The molecule has 1 heterocycles. The number of nitrogens with zero attached hydrogens (tertiary/aromatic N) is 2. The zero-order chi connectivity index (χ0) is 21.7. The topological polar surface area (TPSA) is 87.2 Å². The maximum Gasteiger partial charge on any atom is 0.243 e.